The first-order valence-corrected chi connectivity index (χ1v) is 10.8. The lowest BCUT2D eigenvalue weighted by molar-refractivity contribution is 0.414. The van der Waals surface area contributed by atoms with Gasteiger partial charge < -0.3 is 15.4 Å². The second-order valence-corrected chi connectivity index (χ2v) is 8.25. The van der Waals surface area contributed by atoms with Gasteiger partial charge >= 0.3 is 0 Å². The molecule has 0 saturated carbocycles. The summed E-state index contributed by atoms with van der Waals surface area (Å²) in [5.41, 5.74) is 1.81. The maximum absolute atomic E-state index is 13.6. The third kappa shape index (κ3) is 7.61. The highest BCUT2D eigenvalue weighted by molar-refractivity contribution is 7.92. The molecule has 0 saturated heterocycles. The number of hydrogen-bond donors (Lipinski definition) is 3. The standard InChI is InChI=1S/C20H27FN4O3S/c1-15-4-7-17(14-19(15)21)25-29(26,27)13-12-24-20(22-2)23-11-10-16-5-8-18(28-3)9-6-16/h4-9,14,25H,10-13H2,1-3H3,(H2,22,23,24). The Bertz CT molecular complexity index is 931. The number of guanidine groups is 1. The van der Waals surface area contributed by atoms with Crippen molar-refractivity contribution in [2.24, 2.45) is 4.99 Å². The molecule has 0 atom stereocenters. The average Bonchev–Trinajstić information content (AvgIpc) is 2.69. The van der Waals surface area contributed by atoms with E-state index in [1.54, 1.807) is 21.1 Å². The largest absolute Gasteiger partial charge is 0.497 e. The van der Waals surface area contributed by atoms with Gasteiger partial charge in [-0.05, 0) is 48.7 Å². The predicted octanol–water partition coefficient (Wildman–Crippen LogP) is 2.29. The molecule has 0 fully saturated rings. The SMILES string of the molecule is CN=C(NCCc1ccc(OC)cc1)NCCS(=O)(=O)Nc1ccc(C)c(F)c1. The first kappa shape index (κ1) is 22.5. The van der Waals surface area contributed by atoms with Crippen LogP contribution in [0.3, 0.4) is 0 Å². The minimum atomic E-state index is -3.61. The van der Waals surface area contributed by atoms with Gasteiger partial charge in [0.05, 0.1) is 18.6 Å². The van der Waals surface area contributed by atoms with E-state index in [1.807, 2.05) is 24.3 Å². The Morgan fingerprint density at radius 3 is 2.41 bits per heavy atom. The van der Waals surface area contributed by atoms with Gasteiger partial charge in [-0.1, -0.05) is 18.2 Å². The van der Waals surface area contributed by atoms with Crippen molar-refractivity contribution in [3.63, 3.8) is 0 Å². The number of nitrogens with zero attached hydrogens (tertiary/aromatic N) is 1. The Balaban J connectivity index is 1.75. The topological polar surface area (TPSA) is 91.8 Å². The third-order valence-corrected chi connectivity index (χ3v) is 5.49. The second-order valence-electron chi connectivity index (χ2n) is 6.41. The number of hydrogen-bond acceptors (Lipinski definition) is 4. The molecule has 0 amide bonds. The summed E-state index contributed by atoms with van der Waals surface area (Å²) in [5.74, 6) is 0.684. The minimum Gasteiger partial charge on any atom is -0.497 e. The summed E-state index contributed by atoms with van der Waals surface area (Å²) >= 11 is 0. The fourth-order valence-corrected chi connectivity index (χ4v) is 3.49. The van der Waals surface area contributed by atoms with Crippen LogP contribution in [0.2, 0.25) is 0 Å². The molecule has 0 spiro atoms. The zero-order chi connectivity index (χ0) is 21.3. The van der Waals surface area contributed by atoms with E-state index in [1.165, 1.54) is 18.2 Å². The van der Waals surface area contributed by atoms with Crippen molar-refractivity contribution < 1.29 is 17.5 Å². The van der Waals surface area contributed by atoms with E-state index in [0.29, 0.717) is 18.1 Å². The second kappa shape index (κ2) is 10.7. The van der Waals surface area contributed by atoms with Gasteiger partial charge in [0.1, 0.15) is 11.6 Å². The van der Waals surface area contributed by atoms with Crippen molar-refractivity contribution in [2.75, 3.05) is 37.7 Å². The van der Waals surface area contributed by atoms with Crippen molar-refractivity contribution in [1.82, 2.24) is 10.6 Å². The van der Waals surface area contributed by atoms with Crippen LogP contribution in [0.4, 0.5) is 10.1 Å². The van der Waals surface area contributed by atoms with Gasteiger partial charge in [-0.15, -0.1) is 0 Å². The van der Waals surface area contributed by atoms with Crippen molar-refractivity contribution in [2.45, 2.75) is 13.3 Å². The van der Waals surface area contributed by atoms with Gasteiger partial charge in [-0.3, -0.25) is 9.71 Å². The van der Waals surface area contributed by atoms with E-state index in [-0.39, 0.29) is 18.0 Å². The molecule has 0 aliphatic rings. The third-order valence-electron chi connectivity index (χ3n) is 4.20. The first-order valence-electron chi connectivity index (χ1n) is 9.17. The number of aliphatic imine (C=N–C) groups is 1. The Hall–Kier alpha value is -2.81. The molecule has 0 aliphatic heterocycles. The van der Waals surface area contributed by atoms with Gasteiger partial charge in [0.25, 0.3) is 0 Å². The average molecular weight is 423 g/mol. The van der Waals surface area contributed by atoms with Crippen molar-refractivity contribution >= 4 is 21.7 Å². The normalized spacial score (nSPS) is 11.8. The maximum atomic E-state index is 13.6. The van der Waals surface area contributed by atoms with Gasteiger partial charge in [0, 0.05) is 20.1 Å². The zero-order valence-electron chi connectivity index (χ0n) is 16.8. The molecule has 7 nitrogen and oxygen atoms in total. The fourth-order valence-electron chi connectivity index (χ4n) is 2.53. The van der Waals surface area contributed by atoms with Crippen LogP contribution in [0, 0.1) is 12.7 Å². The lowest BCUT2D eigenvalue weighted by Gasteiger charge is -2.13. The molecule has 0 bridgehead atoms. The van der Waals surface area contributed by atoms with Gasteiger partial charge in [-0.25, -0.2) is 12.8 Å². The van der Waals surface area contributed by atoms with Crippen LogP contribution in [0.5, 0.6) is 5.75 Å². The van der Waals surface area contributed by atoms with Crippen molar-refractivity contribution in [1.29, 1.82) is 0 Å². The maximum Gasteiger partial charge on any atom is 0.234 e. The first-order chi connectivity index (χ1) is 13.8. The lowest BCUT2D eigenvalue weighted by atomic mass is 10.1. The van der Waals surface area contributed by atoms with Gasteiger partial charge in [0.2, 0.25) is 10.0 Å². The quantitative estimate of drug-likeness (QED) is 0.426. The number of anilines is 1. The molecule has 2 aromatic rings. The predicted molar refractivity (Wildman–Crippen MR) is 115 cm³/mol. The van der Waals surface area contributed by atoms with Crippen LogP contribution in [0.1, 0.15) is 11.1 Å². The summed E-state index contributed by atoms with van der Waals surface area (Å²) in [6.07, 6.45) is 0.781. The Morgan fingerprint density at radius 1 is 1.10 bits per heavy atom. The van der Waals surface area contributed by atoms with E-state index in [2.05, 4.69) is 20.3 Å². The van der Waals surface area contributed by atoms with Crippen molar-refractivity contribution in [3.8, 4) is 5.75 Å². The molecule has 0 aliphatic carbocycles. The Labute approximate surface area is 171 Å². The van der Waals surface area contributed by atoms with E-state index in [4.69, 9.17) is 4.74 Å². The smallest absolute Gasteiger partial charge is 0.234 e. The summed E-state index contributed by atoms with van der Waals surface area (Å²) in [7, 11) is -0.370. The van der Waals surface area contributed by atoms with Crippen LogP contribution in [0.15, 0.2) is 47.5 Å². The van der Waals surface area contributed by atoms with Crippen LogP contribution in [-0.2, 0) is 16.4 Å². The number of rotatable bonds is 9. The van der Waals surface area contributed by atoms with Gasteiger partial charge in [0.15, 0.2) is 5.96 Å². The number of ether oxygens (including phenoxy) is 1. The molecule has 2 aromatic carbocycles. The molecule has 29 heavy (non-hydrogen) atoms. The lowest BCUT2D eigenvalue weighted by Crippen LogP contribution is -2.40. The highest BCUT2D eigenvalue weighted by atomic mass is 32.2. The number of nitrogens with one attached hydrogen (secondary N) is 3. The molecule has 9 heteroatoms. The molecule has 3 N–H and O–H groups in total. The summed E-state index contributed by atoms with van der Waals surface area (Å²) in [4.78, 5) is 4.08. The minimum absolute atomic E-state index is 0.159. The Morgan fingerprint density at radius 2 is 1.79 bits per heavy atom. The summed E-state index contributed by atoms with van der Waals surface area (Å²) in [6.45, 7) is 2.41. The fraction of sp³-hybridized carbons (Fsp3) is 0.350. The monoisotopic (exact) mass is 422 g/mol. The molecule has 158 valence electrons. The van der Waals surface area contributed by atoms with E-state index >= 15 is 0 Å². The molecule has 0 heterocycles. The van der Waals surface area contributed by atoms with Crippen molar-refractivity contribution in [3.05, 3.63) is 59.4 Å². The molecular weight excluding hydrogens is 395 g/mol. The number of halogens is 1. The van der Waals surface area contributed by atoms with Gasteiger partial charge in [-0.2, -0.15) is 0 Å². The summed E-state index contributed by atoms with van der Waals surface area (Å²) in [6, 6.07) is 12.0. The summed E-state index contributed by atoms with van der Waals surface area (Å²) in [5, 5.41) is 6.10. The molecule has 2 rings (SSSR count). The number of methoxy groups -OCH3 is 1. The highest BCUT2D eigenvalue weighted by Gasteiger charge is 2.12. The number of aryl methyl sites for hydroxylation is 1. The zero-order valence-corrected chi connectivity index (χ0v) is 17.6. The van der Waals surface area contributed by atoms with Crippen LogP contribution in [0.25, 0.3) is 0 Å². The molecule has 0 aromatic heterocycles. The Kier molecular flexibility index (Phi) is 8.26. The van der Waals surface area contributed by atoms with Crippen LogP contribution >= 0.6 is 0 Å². The van der Waals surface area contributed by atoms with E-state index < -0.39 is 15.8 Å². The molecule has 0 radical (unpaired) electrons. The van der Waals surface area contributed by atoms with Crippen LogP contribution < -0.4 is 20.1 Å². The van der Waals surface area contributed by atoms with E-state index in [9.17, 15) is 12.8 Å². The number of sulfonamides is 1. The van der Waals surface area contributed by atoms with E-state index in [0.717, 1.165) is 17.7 Å². The number of benzene rings is 2. The van der Waals surface area contributed by atoms with Crippen LogP contribution in [-0.4, -0.2) is 47.4 Å². The molecule has 0 unspecified atom stereocenters. The molecular formula is C20H27FN4O3S. The summed E-state index contributed by atoms with van der Waals surface area (Å²) < 4.78 is 45.4. The highest BCUT2D eigenvalue weighted by Crippen LogP contribution is 2.15.